The number of allylic oxidation sites excluding steroid dienone is 5. The van der Waals surface area contributed by atoms with E-state index in [4.69, 9.17) is 10.2 Å². The number of carboxylic acid groups (broad SMARTS) is 2. The molecule has 2 aromatic rings. The van der Waals surface area contributed by atoms with E-state index in [1.165, 1.54) is 17.0 Å². The van der Waals surface area contributed by atoms with E-state index in [-0.39, 0.29) is 80.6 Å². The summed E-state index contributed by atoms with van der Waals surface area (Å²) in [5.74, 6) is -1.62. The van der Waals surface area contributed by atoms with Gasteiger partial charge in [0.25, 0.3) is 0 Å². The number of carbonyl (C=O) groups is 2. The Hall–Kier alpha value is -1.82. The normalized spacial score (nSPS) is 19.8. The monoisotopic (exact) mass is 766 g/mol. The van der Waals surface area contributed by atoms with Crippen molar-refractivity contribution in [3.8, 4) is 0 Å². The quantitative estimate of drug-likeness (QED) is 0.0387. The second-order valence-corrected chi connectivity index (χ2v) is 16.1. The standard InChI is InChI=1S/C37H48N2O9S2.K/c1-36(2)28-24-26(49-48-44)18-20-30(28)38(22-12-6-10-16-34(40)41)32(36)14-8-5-9-15-33-37(3,4)29-25-27(50(45,46)47)19-21-31(29)39(33)23-13-7-11-17-35(42)43;/h5,8-9,14-15,18-21,24-25,32,44H,6-7,10-13,16-17,22-23H2,1-4H3,(H,40,41)(H,42,43)(H,45,46,47);/q;+1/p-1/b9-5+,14-8+,33-15+;. The molecule has 0 saturated carbocycles. The first-order chi connectivity index (χ1) is 23.6. The zero-order valence-corrected chi connectivity index (χ0v) is 34.8. The minimum Gasteiger partial charge on any atom is -0.744 e. The number of benzene rings is 2. The van der Waals surface area contributed by atoms with Crippen molar-refractivity contribution in [2.75, 3.05) is 18.0 Å². The third-order valence-corrected chi connectivity index (χ3v) is 11.2. The van der Waals surface area contributed by atoms with Gasteiger partial charge >= 0.3 is 63.3 Å². The largest absolute Gasteiger partial charge is 1.00 e. The minimum absolute atomic E-state index is 0. The molecule has 2 atom stereocenters. The molecule has 3 N–H and O–H groups in total. The number of aliphatic carboxylic acids is 2. The number of nitrogens with one attached hydrogen (secondary N) is 1. The van der Waals surface area contributed by atoms with E-state index in [2.05, 4.69) is 29.2 Å². The Morgan fingerprint density at radius 1 is 0.922 bits per heavy atom. The third-order valence-electron chi connectivity index (χ3n) is 9.86. The maximum Gasteiger partial charge on any atom is 1.00 e. The van der Waals surface area contributed by atoms with Gasteiger partial charge in [0.1, 0.15) is 21.8 Å². The molecule has 0 saturated heterocycles. The van der Waals surface area contributed by atoms with Gasteiger partial charge < -0.3 is 29.3 Å². The number of rotatable bonds is 18. The van der Waals surface area contributed by atoms with E-state index in [9.17, 15) is 27.8 Å². The molecule has 0 spiro atoms. The minimum atomic E-state index is -4.64. The molecule has 11 nitrogen and oxygen atoms in total. The van der Waals surface area contributed by atoms with Gasteiger partial charge in [-0.2, -0.15) is 0 Å². The van der Waals surface area contributed by atoms with Crippen molar-refractivity contribution in [3.05, 3.63) is 83.6 Å². The zero-order chi connectivity index (χ0) is 36.7. The summed E-state index contributed by atoms with van der Waals surface area (Å²) in [6.45, 7) is 9.77. The summed E-state index contributed by atoms with van der Waals surface area (Å²) in [4.78, 5) is 25.8. The SMILES string of the molecule is CC1(C)\C(=C/C=C/C=C/C2[NH+](CCCCCC(=O)O)c3ccc(SO[O-])cc3C2(C)C)N(CCCCCC(=O)O)c2ccc(S(=O)(=O)[O-])cc21.[K+]. The molecule has 2 aromatic carbocycles. The smallest absolute Gasteiger partial charge is 0.744 e. The molecule has 0 aromatic heterocycles. The van der Waals surface area contributed by atoms with Crippen molar-refractivity contribution in [2.45, 2.75) is 106 Å². The second kappa shape index (κ2) is 19.0. The fraction of sp³-hybridized carbons (Fsp3) is 0.459. The van der Waals surface area contributed by atoms with Crippen molar-refractivity contribution in [1.82, 2.24) is 0 Å². The van der Waals surface area contributed by atoms with Crippen LogP contribution in [0.1, 0.15) is 90.2 Å². The van der Waals surface area contributed by atoms with Crippen LogP contribution in [0.25, 0.3) is 0 Å². The van der Waals surface area contributed by atoms with Crippen molar-refractivity contribution in [3.63, 3.8) is 0 Å². The van der Waals surface area contributed by atoms with E-state index in [0.717, 1.165) is 77.4 Å². The maximum atomic E-state index is 11.9. The first kappa shape index (κ1) is 43.6. The van der Waals surface area contributed by atoms with E-state index < -0.39 is 27.5 Å². The Morgan fingerprint density at radius 2 is 1.59 bits per heavy atom. The molecule has 2 aliphatic rings. The van der Waals surface area contributed by atoms with Gasteiger partial charge in [0.15, 0.2) is 0 Å². The van der Waals surface area contributed by atoms with Crippen molar-refractivity contribution >= 4 is 45.5 Å². The first-order valence-corrected chi connectivity index (χ1v) is 19.1. The predicted molar refractivity (Wildman–Crippen MR) is 189 cm³/mol. The molecule has 2 heterocycles. The van der Waals surface area contributed by atoms with E-state index >= 15 is 0 Å². The molecule has 14 heteroatoms. The van der Waals surface area contributed by atoms with Crippen molar-refractivity contribution in [2.24, 2.45) is 0 Å². The van der Waals surface area contributed by atoms with Crippen LogP contribution >= 0.6 is 12.0 Å². The molecule has 2 unspecified atom stereocenters. The van der Waals surface area contributed by atoms with Crippen LogP contribution in [0.15, 0.2) is 82.3 Å². The average molecular weight is 767 g/mol. The van der Waals surface area contributed by atoms with Crippen molar-refractivity contribution < 1.29 is 98.6 Å². The Morgan fingerprint density at radius 3 is 2.22 bits per heavy atom. The van der Waals surface area contributed by atoms with Crippen LogP contribution in [0.3, 0.4) is 0 Å². The van der Waals surface area contributed by atoms with Gasteiger partial charge in [0.2, 0.25) is 0 Å². The fourth-order valence-corrected chi connectivity index (χ4v) is 8.14. The fourth-order valence-electron chi connectivity index (χ4n) is 7.27. The Labute approximate surface area is 348 Å². The molecule has 0 fully saturated rings. The van der Waals surface area contributed by atoms with E-state index in [1.54, 1.807) is 6.07 Å². The number of fused-ring (bicyclic) bond motifs is 2. The molecule has 0 bridgehead atoms. The number of hydrogen-bond acceptors (Lipinski definition) is 9. The summed E-state index contributed by atoms with van der Waals surface area (Å²) in [6.07, 6.45) is 14.7. The van der Waals surface area contributed by atoms with Crippen molar-refractivity contribution in [1.29, 1.82) is 0 Å². The number of carboxylic acids is 2. The van der Waals surface area contributed by atoms with Gasteiger partial charge in [0, 0.05) is 64.8 Å². The number of hydrogen-bond donors (Lipinski definition) is 3. The van der Waals surface area contributed by atoms with Crippen LogP contribution in [0.4, 0.5) is 11.4 Å². The molecule has 0 aliphatic carbocycles. The number of unbranched alkanes of at least 4 members (excludes halogenated alkanes) is 4. The van der Waals surface area contributed by atoms with Crippen LogP contribution in [0.5, 0.6) is 0 Å². The van der Waals surface area contributed by atoms with Crippen LogP contribution in [0.2, 0.25) is 0 Å². The summed E-state index contributed by atoms with van der Waals surface area (Å²) < 4.78 is 39.7. The Kier molecular flexibility index (Phi) is 16.2. The summed E-state index contributed by atoms with van der Waals surface area (Å²) >= 11 is 0.785. The van der Waals surface area contributed by atoms with Crippen LogP contribution in [-0.4, -0.2) is 54.3 Å². The van der Waals surface area contributed by atoms with E-state index in [0.29, 0.717) is 19.4 Å². The summed E-state index contributed by atoms with van der Waals surface area (Å²) in [5.41, 5.74) is 3.89. The number of nitrogens with zero attached hydrogens (tertiary/aromatic N) is 1. The van der Waals surface area contributed by atoms with Gasteiger partial charge in [-0.1, -0.05) is 38.5 Å². The average Bonchev–Trinajstić information content (AvgIpc) is 3.38. The van der Waals surface area contributed by atoms with Gasteiger partial charge in [-0.25, -0.2) is 8.42 Å². The molecule has 51 heavy (non-hydrogen) atoms. The third kappa shape index (κ3) is 10.9. The van der Waals surface area contributed by atoms with Gasteiger partial charge in [-0.05, 0) is 94.0 Å². The molecular formula is C37H47KN2O9S2. The Balaban J connectivity index is 0.00000702. The van der Waals surface area contributed by atoms with Crippen LogP contribution < -0.4 is 66.4 Å². The van der Waals surface area contributed by atoms with Crippen LogP contribution in [-0.2, 0) is 34.9 Å². The summed E-state index contributed by atoms with van der Waals surface area (Å²) in [7, 11) is -4.64. The summed E-state index contributed by atoms with van der Waals surface area (Å²) in [5, 5.41) is 28.9. The van der Waals surface area contributed by atoms with Gasteiger partial charge in [-0.15, -0.1) is 0 Å². The first-order valence-electron chi connectivity index (χ1n) is 16.9. The van der Waals surface area contributed by atoms with Crippen LogP contribution in [0, 0.1) is 0 Å². The summed E-state index contributed by atoms with van der Waals surface area (Å²) in [6, 6.07) is 10.5. The number of quaternary nitrogens is 1. The van der Waals surface area contributed by atoms with E-state index in [1.807, 2.05) is 56.4 Å². The molecule has 272 valence electrons. The van der Waals surface area contributed by atoms with Gasteiger partial charge in [-0.3, -0.25) is 14.5 Å². The second-order valence-electron chi connectivity index (χ2n) is 14.0. The molecule has 0 radical (unpaired) electrons. The zero-order valence-electron chi connectivity index (χ0n) is 30.0. The molecular weight excluding hydrogens is 720 g/mol. The molecule has 4 rings (SSSR count). The molecule has 2 aliphatic heterocycles. The Bertz CT molecular complexity index is 1760. The molecule has 0 amide bonds. The predicted octanol–water partition coefficient (Wildman–Crippen LogP) is 2.15. The topological polar surface area (TPSA) is 172 Å². The van der Waals surface area contributed by atoms with Gasteiger partial charge in [0.05, 0.1) is 16.9 Å². The number of anilines is 1. The maximum absolute atomic E-state index is 11.9.